The van der Waals surface area contributed by atoms with E-state index in [2.05, 4.69) is 0 Å². The summed E-state index contributed by atoms with van der Waals surface area (Å²) in [6.07, 6.45) is 0. The number of halogens is 1. The first kappa shape index (κ1) is 14.0. The zero-order valence-electron chi connectivity index (χ0n) is 11.1. The maximum atomic E-state index is 13.8. The Labute approximate surface area is 117 Å². The summed E-state index contributed by atoms with van der Waals surface area (Å²) in [5.41, 5.74) is 7.16. The van der Waals surface area contributed by atoms with Crippen LogP contribution in [0.25, 0.3) is 0 Å². The molecule has 2 aromatic rings. The van der Waals surface area contributed by atoms with Crippen LogP contribution < -0.4 is 10.5 Å². The van der Waals surface area contributed by atoms with Crippen molar-refractivity contribution in [2.75, 3.05) is 0 Å². The summed E-state index contributed by atoms with van der Waals surface area (Å²) in [7, 11) is 0. The summed E-state index contributed by atoms with van der Waals surface area (Å²) < 4.78 is 19.3. The van der Waals surface area contributed by atoms with Crippen molar-refractivity contribution in [1.82, 2.24) is 0 Å². The molecule has 0 radical (unpaired) electrons. The fourth-order valence-corrected chi connectivity index (χ4v) is 1.81. The molecule has 0 spiro atoms. The van der Waals surface area contributed by atoms with E-state index in [9.17, 15) is 4.39 Å². The SMILES string of the molecule is C[C@@H](N)c1ccc(OCc2cccc(C#N)c2F)cc1. The Hall–Kier alpha value is -2.38. The van der Waals surface area contributed by atoms with Crippen molar-refractivity contribution in [2.24, 2.45) is 5.73 Å². The van der Waals surface area contributed by atoms with Gasteiger partial charge in [-0.3, -0.25) is 0 Å². The van der Waals surface area contributed by atoms with Crippen LogP contribution in [0.3, 0.4) is 0 Å². The van der Waals surface area contributed by atoms with E-state index >= 15 is 0 Å². The van der Waals surface area contributed by atoms with E-state index in [1.165, 1.54) is 6.07 Å². The highest BCUT2D eigenvalue weighted by molar-refractivity contribution is 5.35. The summed E-state index contributed by atoms with van der Waals surface area (Å²) in [4.78, 5) is 0. The van der Waals surface area contributed by atoms with E-state index in [0.29, 0.717) is 11.3 Å². The molecule has 0 saturated carbocycles. The lowest BCUT2D eigenvalue weighted by atomic mass is 10.1. The number of hydrogen-bond donors (Lipinski definition) is 1. The van der Waals surface area contributed by atoms with Gasteiger partial charge in [0.05, 0.1) is 5.56 Å². The molecule has 20 heavy (non-hydrogen) atoms. The monoisotopic (exact) mass is 270 g/mol. The third-order valence-corrected chi connectivity index (χ3v) is 3.00. The van der Waals surface area contributed by atoms with Crippen molar-refractivity contribution >= 4 is 0 Å². The van der Waals surface area contributed by atoms with Crippen molar-refractivity contribution < 1.29 is 9.13 Å². The van der Waals surface area contributed by atoms with Crippen LogP contribution in [-0.4, -0.2) is 0 Å². The van der Waals surface area contributed by atoms with Crippen molar-refractivity contribution in [2.45, 2.75) is 19.6 Å². The molecule has 0 aromatic heterocycles. The first-order valence-electron chi connectivity index (χ1n) is 6.27. The minimum Gasteiger partial charge on any atom is -0.489 e. The third kappa shape index (κ3) is 3.14. The van der Waals surface area contributed by atoms with Crippen LogP contribution in [0.5, 0.6) is 5.75 Å². The molecule has 4 heteroatoms. The summed E-state index contributed by atoms with van der Waals surface area (Å²) in [5, 5.41) is 8.77. The fourth-order valence-electron chi connectivity index (χ4n) is 1.81. The van der Waals surface area contributed by atoms with Crippen LogP contribution in [0.1, 0.15) is 29.7 Å². The molecule has 0 heterocycles. The largest absolute Gasteiger partial charge is 0.489 e. The van der Waals surface area contributed by atoms with Crippen LogP contribution in [0, 0.1) is 17.1 Å². The van der Waals surface area contributed by atoms with Gasteiger partial charge in [0.25, 0.3) is 0 Å². The van der Waals surface area contributed by atoms with Crippen LogP contribution >= 0.6 is 0 Å². The van der Waals surface area contributed by atoms with E-state index in [1.54, 1.807) is 24.3 Å². The molecule has 102 valence electrons. The lowest BCUT2D eigenvalue weighted by Gasteiger charge is -2.10. The van der Waals surface area contributed by atoms with Gasteiger partial charge in [0.15, 0.2) is 0 Å². The van der Waals surface area contributed by atoms with Gasteiger partial charge in [0.1, 0.15) is 24.2 Å². The number of nitrogens with two attached hydrogens (primary N) is 1. The molecule has 0 amide bonds. The average molecular weight is 270 g/mol. The highest BCUT2D eigenvalue weighted by Crippen LogP contribution is 2.19. The Morgan fingerprint density at radius 3 is 2.55 bits per heavy atom. The molecular formula is C16H15FN2O. The Balaban J connectivity index is 2.07. The topological polar surface area (TPSA) is 59.0 Å². The number of benzene rings is 2. The minimum atomic E-state index is -0.526. The lowest BCUT2D eigenvalue weighted by molar-refractivity contribution is 0.299. The Morgan fingerprint density at radius 1 is 1.25 bits per heavy atom. The molecular weight excluding hydrogens is 255 g/mol. The van der Waals surface area contributed by atoms with Gasteiger partial charge >= 0.3 is 0 Å². The second-order valence-electron chi connectivity index (χ2n) is 4.54. The van der Waals surface area contributed by atoms with Crippen molar-refractivity contribution in [3.8, 4) is 11.8 Å². The maximum absolute atomic E-state index is 13.8. The Bertz CT molecular complexity index is 630. The van der Waals surface area contributed by atoms with Crippen LogP contribution in [-0.2, 0) is 6.61 Å². The minimum absolute atomic E-state index is 0.0263. The summed E-state index contributed by atoms with van der Waals surface area (Å²) >= 11 is 0. The molecule has 3 nitrogen and oxygen atoms in total. The molecule has 1 atom stereocenters. The fraction of sp³-hybridized carbons (Fsp3) is 0.188. The predicted molar refractivity (Wildman–Crippen MR) is 74.5 cm³/mol. The zero-order chi connectivity index (χ0) is 14.5. The van der Waals surface area contributed by atoms with Crippen LogP contribution in [0.4, 0.5) is 4.39 Å². The third-order valence-electron chi connectivity index (χ3n) is 3.00. The number of rotatable bonds is 4. The first-order chi connectivity index (χ1) is 9.61. The van der Waals surface area contributed by atoms with Gasteiger partial charge in [-0.15, -0.1) is 0 Å². The van der Waals surface area contributed by atoms with Gasteiger partial charge in [-0.25, -0.2) is 4.39 Å². The van der Waals surface area contributed by atoms with E-state index in [1.807, 2.05) is 25.1 Å². The van der Waals surface area contributed by atoms with E-state index in [-0.39, 0.29) is 18.2 Å². The van der Waals surface area contributed by atoms with Crippen molar-refractivity contribution in [3.63, 3.8) is 0 Å². The lowest BCUT2D eigenvalue weighted by Crippen LogP contribution is -2.04. The molecule has 0 fully saturated rings. The molecule has 0 unspecified atom stereocenters. The summed E-state index contributed by atoms with van der Waals surface area (Å²) in [5.74, 6) is 0.110. The first-order valence-corrected chi connectivity index (χ1v) is 6.27. The van der Waals surface area contributed by atoms with Gasteiger partial charge in [0, 0.05) is 11.6 Å². The van der Waals surface area contributed by atoms with E-state index < -0.39 is 5.82 Å². The molecule has 2 N–H and O–H groups in total. The van der Waals surface area contributed by atoms with Crippen LogP contribution in [0.15, 0.2) is 42.5 Å². The van der Waals surface area contributed by atoms with E-state index in [4.69, 9.17) is 15.7 Å². The molecule has 2 rings (SSSR count). The smallest absolute Gasteiger partial charge is 0.147 e. The molecule has 0 bridgehead atoms. The Kier molecular flexibility index (Phi) is 4.34. The summed E-state index contributed by atoms with van der Waals surface area (Å²) in [6, 6.07) is 13.8. The number of nitrogens with zero attached hydrogens (tertiary/aromatic N) is 1. The highest BCUT2D eigenvalue weighted by atomic mass is 19.1. The second-order valence-corrected chi connectivity index (χ2v) is 4.54. The predicted octanol–water partition coefficient (Wildman–Crippen LogP) is 3.30. The molecule has 0 saturated heterocycles. The van der Waals surface area contributed by atoms with Crippen molar-refractivity contribution in [3.05, 3.63) is 65.0 Å². The van der Waals surface area contributed by atoms with Gasteiger partial charge in [-0.2, -0.15) is 5.26 Å². The maximum Gasteiger partial charge on any atom is 0.147 e. The standard InChI is InChI=1S/C16H15FN2O/c1-11(19)12-5-7-15(8-6-12)20-10-14-4-2-3-13(9-18)16(14)17/h2-8,11H,10,19H2,1H3/t11-/m1/s1. The molecule has 2 aromatic carbocycles. The second kappa shape index (κ2) is 6.18. The number of hydrogen-bond acceptors (Lipinski definition) is 3. The zero-order valence-corrected chi connectivity index (χ0v) is 11.1. The quantitative estimate of drug-likeness (QED) is 0.927. The van der Waals surface area contributed by atoms with Gasteiger partial charge in [-0.05, 0) is 30.7 Å². The van der Waals surface area contributed by atoms with Crippen LogP contribution in [0.2, 0.25) is 0 Å². The average Bonchev–Trinajstić information content (AvgIpc) is 2.46. The normalized spacial score (nSPS) is 11.7. The molecule has 0 aliphatic rings. The number of nitriles is 1. The summed E-state index contributed by atoms with van der Waals surface area (Å²) in [6.45, 7) is 1.98. The molecule has 0 aliphatic carbocycles. The van der Waals surface area contributed by atoms with Crippen molar-refractivity contribution in [1.29, 1.82) is 5.26 Å². The number of ether oxygens (including phenoxy) is 1. The van der Waals surface area contributed by atoms with Gasteiger partial charge in [-0.1, -0.05) is 24.3 Å². The van der Waals surface area contributed by atoms with Gasteiger partial charge < -0.3 is 10.5 Å². The van der Waals surface area contributed by atoms with Gasteiger partial charge in [0.2, 0.25) is 0 Å². The Morgan fingerprint density at radius 2 is 1.95 bits per heavy atom. The highest BCUT2D eigenvalue weighted by Gasteiger charge is 2.08. The van der Waals surface area contributed by atoms with E-state index in [0.717, 1.165) is 5.56 Å². The molecule has 0 aliphatic heterocycles.